The maximum absolute atomic E-state index is 9.96. The number of rotatable bonds is 5. The fraction of sp³-hybridized carbons (Fsp3) is 1.00. The zero-order valence-corrected chi connectivity index (χ0v) is 7.09. The van der Waals surface area contributed by atoms with Crippen LogP contribution < -0.4 is 0 Å². The summed E-state index contributed by atoms with van der Waals surface area (Å²) in [5, 5.41) is 9.96. The summed E-state index contributed by atoms with van der Waals surface area (Å²) in [7, 11) is 0. The molecule has 0 bridgehead atoms. The summed E-state index contributed by atoms with van der Waals surface area (Å²) in [6.45, 7) is 7.41. The van der Waals surface area contributed by atoms with Crippen molar-refractivity contribution in [3.05, 3.63) is 0 Å². The van der Waals surface area contributed by atoms with Crippen molar-refractivity contribution in [3.8, 4) is 0 Å². The van der Waals surface area contributed by atoms with Gasteiger partial charge in [-0.3, -0.25) is 0 Å². The van der Waals surface area contributed by atoms with Crippen molar-refractivity contribution in [2.75, 3.05) is 19.8 Å². The Morgan fingerprint density at radius 3 is 2.30 bits per heavy atom. The molecule has 0 saturated carbocycles. The quantitative estimate of drug-likeness (QED) is 0.541. The first kappa shape index (κ1) is 9.92. The van der Waals surface area contributed by atoms with Crippen LogP contribution in [0.25, 0.3) is 0 Å². The summed E-state index contributed by atoms with van der Waals surface area (Å²) in [5.74, 6) is 1.21. The standard InChI is InChI=1S/C8H17O2/c1-7(2)8(3)6-10-5-4-9/h7-8H,4-6H2,1-3H3. The van der Waals surface area contributed by atoms with Gasteiger partial charge in [0.05, 0.1) is 6.61 Å². The van der Waals surface area contributed by atoms with E-state index < -0.39 is 0 Å². The molecular weight excluding hydrogens is 128 g/mol. The zero-order chi connectivity index (χ0) is 7.98. The molecule has 0 saturated heterocycles. The fourth-order valence-electron chi connectivity index (χ4n) is 0.521. The maximum Gasteiger partial charge on any atom is 0.106 e. The van der Waals surface area contributed by atoms with Crippen LogP contribution in [0.15, 0.2) is 0 Å². The van der Waals surface area contributed by atoms with E-state index in [0.29, 0.717) is 18.4 Å². The average Bonchev–Trinajstić information content (AvgIpc) is 1.88. The van der Waals surface area contributed by atoms with Gasteiger partial charge in [-0.15, -0.1) is 0 Å². The summed E-state index contributed by atoms with van der Waals surface area (Å²) in [5.41, 5.74) is 0. The summed E-state index contributed by atoms with van der Waals surface area (Å²) in [6, 6.07) is 0. The van der Waals surface area contributed by atoms with Crippen molar-refractivity contribution in [1.29, 1.82) is 0 Å². The Labute approximate surface area is 63.2 Å². The number of hydrogen-bond donors (Lipinski definition) is 0. The van der Waals surface area contributed by atoms with Crippen molar-refractivity contribution in [2.45, 2.75) is 20.8 Å². The molecule has 0 aromatic carbocycles. The maximum atomic E-state index is 9.96. The average molecular weight is 145 g/mol. The van der Waals surface area contributed by atoms with Gasteiger partial charge in [-0.1, -0.05) is 20.8 Å². The predicted molar refractivity (Wildman–Crippen MR) is 40.4 cm³/mol. The molecule has 0 heterocycles. The molecule has 0 amide bonds. The lowest BCUT2D eigenvalue weighted by atomic mass is 9.99. The second-order valence-corrected chi connectivity index (χ2v) is 3.00. The minimum atomic E-state index is -0.120. The lowest BCUT2D eigenvalue weighted by molar-refractivity contribution is 0.0405. The fourth-order valence-corrected chi connectivity index (χ4v) is 0.521. The first-order chi connectivity index (χ1) is 4.68. The third-order valence-electron chi connectivity index (χ3n) is 1.75. The van der Waals surface area contributed by atoms with Crippen LogP contribution in [0.1, 0.15) is 20.8 Å². The van der Waals surface area contributed by atoms with E-state index in [1.807, 2.05) is 0 Å². The predicted octanol–water partition coefficient (Wildman–Crippen LogP) is 1.73. The summed E-state index contributed by atoms with van der Waals surface area (Å²) in [4.78, 5) is 0. The van der Waals surface area contributed by atoms with E-state index in [4.69, 9.17) is 4.74 Å². The van der Waals surface area contributed by atoms with Crippen LogP contribution in [0, 0.1) is 11.8 Å². The normalized spacial score (nSPS) is 14.1. The van der Waals surface area contributed by atoms with Crippen molar-refractivity contribution in [3.63, 3.8) is 0 Å². The first-order valence-electron chi connectivity index (χ1n) is 3.84. The van der Waals surface area contributed by atoms with Crippen LogP contribution in [0.5, 0.6) is 0 Å². The molecule has 0 aliphatic carbocycles. The number of ether oxygens (including phenoxy) is 1. The van der Waals surface area contributed by atoms with Gasteiger partial charge in [0.15, 0.2) is 0 Å². The summed E-state index contributed by atoms with van der Waals surface area (Å²) in [6.07, 6.45) is 0. The van der Waals surface area contributed by atoms with E-state index in [1.165, 1.54) is 0 Å². The van der Waals surface area contributed by atoms with Crippen molar-refractivity contribution in [2.24, 2.45) is 11.8 Å². The molecule has 0 aromatic heterocycles. The minimum Gasteiger partial charge on any atom is -0.379 e. The second kappa shape index (κ2) is 5.69. The van der Waals surface area contributed by atoms with Crippen LogP contribution in [0.4, 0.5) is 0 Å². The van der Waals surface area contributed by atoms with Gasteiger partial charge in [-0.25, -0.2) is 5.11 Å². The highest BCUT2D eigenvalue weighted by Gasteiger charge is 2.05. The Bertz CT molecular complexity index is 71.7. The Balaban J connectivity index is 3.13. The molecule has 10 heavy (non-hydrogen) atoms. The number of hydrogen-bond acceptors (Lipinski definition) is 1. The highest BCUT2D eigenvalue weighted by atomic mass is 16.5. The SMILES string of the molecule is CC(C)C(C)COCC[O]. The lowest BCUT2D eigenvalue weighted by Gasteiger charge is -2.14. The summed E-state index contributed by atoms with van der Waals surface area (Å²) >= 11 is 0. The van der Waals surface area contributed by atoms with Crippen molar-refractivity contribution in [1.82, 2.24) is 0 Å². The molecule has 61 valence electrons. The van der Waals surface area contributed by atoms with E-state index in [-0.39, 0.29) is 6.61 Å². The highest BCUT2D eigenvalue weighted by molar-refractivity contribution is 4.54. The molecule has 1 unspecified atom stereocenters. The van der Waals surface area contributed by atoms with Gasteiger partial charge in [0.1, 0.15) is 6.61 Å². The van der Waals surface area contributed by atoms with Gasteiger partial charge in [0.25, 0.3) is 0 Å². The highest BCUT2D eigenvalue weighted by Crippen LogP contribution is 2.08. The molecule has 1 atom stereocenters. The van der Waals surface area contributed by atoms with Crippen molar-refractivity contribution < 1.29 is 9.84 Å². The smallest absolute Gasteiger partial charge is 0.106 e. The molecule has 2 nitrogen and oxygen atoms in total. The lowest BCUT2D eigenvalue weighted by Crippen LogP contribution is -2.13. The van der Waals surface area contributed by atoms with Crippen LogP contribution in [-0.2, 0) is 9.84 Å². The van der Waals surface area contributed by atoms with Crippen LogP contribution >= 0.6 is 0 Å². The van der Waals surface area contributed by atoms with Crippen LogP contribution in [-0.4, -0.2) is 19.8 Å². The third kappa shape index (κ3) is 4.77. The second-order valence-electron chi connectivity index (χ2n) is 3.00. The van der Waals surface area contributed by atoms with Gasteiger partial charge < -0.3 is 4.74 Å². The van der Waals surface area contributed by atoms with E-state index in [2.05, 4.69) is 20.8 Å². The van der Waals surface area contributed by atoms with E-state index >= 15 is 0 Å². The Hall–Kier alpha value is -0.0800. The topological polar surface area (TPSA) is 29.1 Å². The van der Waals surface area contributed by atoms with E-state index in [1.54, 1.807) is 0 Å². The van der Waals surface area contributed by atoms with Crippen LogP contribution in [0.2, 0.25) is 0 Å². The Kier molecular flexibility index (Phi) is 5.64. The van der Waals surface area contributed by atoms with Gasteiger partial charge in [0, 0.05) is 6.61 Å². The minimum absolute atomic E-state index is 0.120. The van der Waals surface area contributed by atoms with Gasteiger partial charge in [-0.05, 0) is 11.8 Å². The Morgan fingerprint density at radius 2 is 1.90 bits per heavy atom. The molecular formula is C8H17O2. The van der Waals surface area contributed by atoms with Crippen molar-refractivity contribution >= 4 is 0 Å². The van der Waals surface area contributed by atoms with Crippen LogP contribution in [0.3, 0.4) is 0 Å². The molecule has 0 aliphatic rings. The largest absolute Gasteiger partial charge is 0.379 e. The third-order valence-corrected chi connectivity index (χ3v) is 1.75. The molecule has 0 aromatic rings. The molecule has 0 spiro atoms. The van der Waals surface area contributed by atoms with E-state index in [9.17, 15) is 5.11 Å². The molecule has 1 radical (unpaired) electrons. The molecule has 0 N–H and O–H groups in total. The molecule has 2 heteroatoms. The molecule has 0 aliphatic heterocycles. The monoisotopic (exact) mass is 145 g/mol. The molecule has 0 fully saturated rings. The Morgan fingerprint density at radius 1 is 1.30 bits per heavy atom. The van der Waals surface area contributed by atoms with Gasteiger partial charge in [0.2, 0.25) is 0 Å². The van der Waals surface area contributed by atoms with E-state index in [0.717, 1.165) is 6.61 Å². The zero-order valence-electron chi connectivity index (χ0n) is 7.09. The first-order valence-corrected chi connectivity index (χ1v) is 3.84. The summed E-state index contributed by atoms with van der Waals surface area (Å²) < 4.78 is 5.09. The van der Waals surface area contributed by atoms with Gasteiger partial charge >= 0.3 is 0 Å². The van der Waals surface area contributed by atoms with Gasteiger partial charge in [-0.2, -0.15) is 0 Å². The molecule has 0 rings (SSSR count).